The monoisotopic (exact) mass is 682 g/mol. The van der Waals surface area contributed by atoms with Gasteiger partial charge < -0.3 is 29.9 Å². The number of ether oxygens (including phenoxy) is 1. The number of nitrogens with one attached hydrogen (secondary N) is 1. The van der Waals surface area contributed by atoms with Crippen molar-refractivity contribution in [3.8, 4) is 28.0 Å². The van der Waals surface area contributed by atoms with E-state index in [1.54, 1.807) is 48.5 Å². The van der Waals surface area contributed by atoms with Crippen LogP contribution < -0.4 is 10.1 Å². The van der Waals surface area contributed by atoms with Crippen molar-refractivity contribution in [2.24, 2.45) is 0 Å². The second kappa shape index (κ2) is 16.4. The molecule has 0 radical (unpaired) electrons. The molecule has 0 fully saturated rings. The van der Waals surface area contributed by atoms with Gasteiger partial charge in [0.25, 0.3) is 5.91 Å². The highest BCUT2D eigenvalue weighted by Gasteiger charge is 2.31. The number of carboxylic acids is 1. The van der Waals surface area contributed by atoms with Crippen molar-refractivity contribution in [1.29, 1.82) is 0 Å². The molecule has 50 heavy (non-hydrogen) atoms. The third-order valence-electron chi connectivity index (χ3n) is 8.33. The molecule has 8 nitrogen and oxygen atoms in total. The van der Waals surface area contributed by atoms with E-state index < -0.39 is 42.1 Å². The van der Waals surface area contributed by atoms with Crippen LogP contribution in [0.5, 0.6) is 5.75 Å². The maximum Gasteiger partial charge on any atom is 0.305 e. The minimum atomic E-state index is -1.23. The summed E-state index contributed by atoms with van der Waals surface area (Å²) < 4.78 is 36.1. The van der Waals surface area contributed by atoms with Crippen LogP contribution in [0.2, 0.25) is 0 Å². The van der Waals surface area contributed by atoms with Gasteiger partial charge in [0, 0.05) is 28.6 Å². The topological polar surface area (TPSA) is 121 Å². The lowest BCUT2D eigenvalue weighted by molar-refractivity contribution is -0.139. The quantitative estimate of drug-likeness (QED) is 0.0888. The molecule has 10 heteroatoms. The Balaban J connectivity index is 1.56. The lowest BCUT2D eigenvalue weighted by Crippen LogP contribution is -2.22. The van der Waals surface area contributed by atoms with E-state index in [0.29, 0.717) is 46.0 Å². The summed E-state index contributed by atoms with van der Waals surface area (Å²) in [6.45, 7) is 4.21. The summed E-state index contributed by atoms with van der Waals surface area (Å²) >= 11 is 0. The molecule has 0 bridgehead atoms. The van der Waals surface area contributed by atoms with Crippen LogP contribution in [-0.4, -0.2) is 44.0 Å². The number of halogens is 2. The number of aliphatic hydroxyl groups is 2. The van der Waals surface area contributed by atoms with Crippen LogP contribution in [0.25, 0.3) is 22.3 Å². The van der Waals surface area contributed by atoms with Crippen LogP contribution in [-0.2, 0) is 17.8 Å². The van der Waals surface area contributed by atoms with Gasteiger partial charge in [-0.2, -0.15) is 0 Å². The third-order valence-corrected chi connectivity index (χ3v) is 8.33. The minimum absolute atomic E-state index is 0.135. The summed E-state index contributed by atoms with van der Waals surface area (Å²) in [5.74, 6) is -1.89. The van der Waals surface area contributed by atoms with E-state index in [0.717, 1.165) is 5.56 Å². The number of carbonyl (C=O) groups is 2. The van der Waals surface area contributed by atoms with Crippen molar-refractivity contribution in [2.45, 2.75) is 64.4 Å². The zero-order valence-corrected chi connectivity index (χ0v) is 27.9. The van der Waals surface area contributed by atoms with Crippen molar-refractivity contribution >= 4 is 17.6 Å². The number of carbonyl (C=O) groups excluding carboxylic acids is 1. The lowest BCUT2D eigenvalue weighted by Gasteiger charge is -2.20. The van der Waals surface area contributed by atoms with Crippen molar-refractivity contribution in [3.63, 3.8) is 0 Å². The Hall–Kier alpha value is -5.32. The first kappa shape index (κ1) is 36.0. The largest absolute Gasteiger partial charge is 0.489 e. The smallest absolute Gasteiger partial charge is 0.305 e. The minimum Gasteiger partial charge on any atom is -0.489 e. The van der Waals surface area contributed by atoms with Crippen LogP contribution in [0.1, 0.15) is 60.9 Å². The highest BCUT2D eigenvalue weighted by atomic mass is 19.1. The lowest BCUT2D eigenvalue weighted by atomic mass is 9.92. The molecule has 1 amide bonds. The summed E-state index contributed by atoms with van der Waals surface area (Å²) in [5, 5.41) is 33.0. The van der Waals surface area contributed by atoms with Crippen LogP contribution in [0.15, 0.2) is 103 Å². The summed E-state index contributed by atoms with van der Waals surface area (Å²) in [7, 11) is 0. The maximum absolute atomic E-state index is 14.4. The highest BCUT2D eigenvalue weighted by molar-refractivity contribution is 6.11. The zero-order valence-electron chi connectivity index (χ0n) is 27.9. The Kier molecular flexibility index (Phi) is 11.8. The average molecular weight is 683 g/mol. The van der Waals surface area contributed by atoms with E-state index in [-0.39, 0.29) is 31.0 Å². The van der Waals surface area contributed by atoms with E-state index in [1.807, 2.05) is 48.7 Å². The zero-order chi connectivity index (χ0) is 35.8. The Morgan fingerprint density at radius 2 is 1.36 bits per heavy atom. The van der Waals surface area contributed by atoms with Gasteiger partial charge in [0.2, 0.25) is 0 Å². The summed E-state index contributed by atoms with van der Waals surface area (Å²) in [6.07, 6.45) is -2.57. The first-order valence-electron chi connectivity index (χ1n) is 16.4. The fourth-order valence-electron chi connectivity index (χ4n) is 6.09. The van der Waals surface area contributed by atoms with Crippen LogP contribution in [0.4, 0.5) is 14.5 Å². The predicted octanol–water partition coefficient (Wildman–Crippen LogP) is 8.03. The molecule has 5 aromatic rings. The molecule has 2 atom stereocenters. The van der Waals surface area contributed by atoms with Gasteiger partial charge in [-0.15, -0.1) is 0 Å². The molecule has 0 aliphatic rings. The number of hydrogen-bond donors (Lipinski definition) is 4. The van der Waals surface area contributed by atoms with E-state index >= 15 is 0 Å². The molecule has 0 spiro atoms. The predicted molar refractivity (Wildman–Crippen MR) is 188 cm³/mol. The number of aromatic nitrogens is 1. The number of amides is 1. The normalized spacial score (nSPS) is 12.5. The molecule has 0 saturated carbocycles. The number of rotatable bonds is 15. The number of nitrogens with zero attached hydrogens (tertiary/aromatic N) is 1. The standard InChI is InChI=1S/C40H40F2N2O6/c1-25(2)44-35(21-18-32(45)22-33(46)23-36(47)48)37(27-8-12-29(41)13-9-27)38(28-10-14-30(42)15-11-28)39(44)40(49)43-31-16-19-34(20-17-31)50-24-26-6-4-3-5-7-26/h3-17,19-20,25,32-33,45-46H,18,21-24H2,1-2H3,(H,43,49)(H,47,48)/t32-,33-/m1/s1. The Labute approximate surface area is 289 Å². The molecule has 1 heterocycles. The van der Waals surface area contributed by atoms with E-state index in [1.165, 1.54) is 24.3 Å². The fraction of sp³-hybridized carbons (Fsp3) is 0.250. The molecule has 260 valence electrons. The van der Waals surface area contributed by atoms with Gasteiger partial charge in [0.05, 0.1) is 18.6 Å². The maximum atomic E-state index is 14.4. The molecule has 4 aromatic carbocycles. The summed E-state index contributed by atoms with van der Waals surface area (Å²) in [5.41, 5.74) is 4.74. The van der Waals surface area contributed by atoms with Crippen LogP contribution in [0.3, 0.4) is 0 Å². The SMILES string of the molecule is CC(C)n1c(CC[C@@H](O)C[C@@H](O)CC(=O)O)c(-c2ccc(F)cc2)c(-c2ccc(F)cc2)c1C(=O)Nc1ccc(OCc2ccccc2)cc1. The van der Waals surface area contributed by atoms with Crippen molar-refractivity contribution in [2.75, 3.05) is 5.32 Å². The van der Waals surface area contributed by atoms with Crippen molar-refractivity contribution in [3.05, 3.63) is 132 Å². The molecule has 1 aromatic heterocycles. The highest BCUT2D eigenvalue weighted by Crippen LogP contribution is 2.43. The fourth-order valence-corrected chi connectivity index (χ4v) is 6.09. The van der Waals surface area contributed by atoms with E-state index in [2.05, 4.69) is 5.32 Å². The van der Waals surface area contributed by atoms with Crippen molar-refractivity contribution < 1.29 is 38.4 Å². The van der Waals surface area contributed by atoms with Crippen LogP contribution >= 0.6 is 0 Å². The summed E-state index contributed by atoms with van der Waals surface area (Å²) in [4.78, 5) is 25.5. The molecule has 4 N–H and O–H groups in total. The second-order valence-corrected chi connectivity index (χ2v) is 12.5. The van der Waals surface area contributed by atoms with Gasteiger partial charge in [0.15, 0.2) is 0 Å². The van der Waals surface area contributed by atoms with Crippen LogP contribution in [0, 0.1) is 11.6 Å². The van der Waals surface area contributed by atoms with Gasteiger partial charge in [-0.1, -0.05) is 54.6 Å². The first-order chi connectivity index (χ1) is 24.0. The Bertz CT molecular complexity index is 1890. The first-order valence-corrected chi connectivity index (χ1v) is 16.4. The van der Waals surface area contributed by atoms with Gasteiger partial charge in [-0.05, 0) is 98.3 Å². The van der Waals surface area contributed by atoms with Crippen molar-refractivity contribution in [1.82, 2.24) is 4.57 Å². The number of carboxylic acid groups (broad SMARTS) is 1. The molecule has 0 aliphatic carbocycles. The van der Waals surface area contributed by atoms with E-state index in [4.69, 9.17) is 9.84 Å². The average Bonchev–Trinajstić information content (AvgIpc) is 3.43. The molecular formula is C40H40F2N2O6. The molecule has 0 saturated heterocycles. The number of anilines is 1. The van der Waals surface area contributed by atoms with Gasteiger partial charge in [-0.25, -0.2) is 8.78 Å². The van der Waals surface area contributed by atoms with Gasteiger partial charge in [-0.3, -0.25) is 9.59 Å². The molecule has 0 aliphatic heterocycles. The number of aliphatic carboxylic acids is 1. The number of aliphatic hydroxyl groups excluding tert-OH is 2. The van der Waals surface area contributed by atoms with E-state index in [9.17, 15) is 28.6 Å². The molecule has 5 rings (SSSR count). The summed E-state index contributed by atoms with van der Waals surface area (Å²) in [6, 6.07) is 28.1. The van der Waals surface area contributed by atoms with Gasteiger partial charge in [0.1, 0.15) is 29.7 Å². The Morgan fingerprint density at radius 1 is 0.780 bits per heavy atom. The van der Waals surface area contributed by atoms with Gasteiger partial charge >= 0.3 is 5.97 Å². The molecule has 0 unspecified atom stereocenters. The Morgan fingerprint density at radius 3 is 1.92 bits per heavy atom. The number of hydrogen-bond acceptors (Lipinski definition) is 5. The second-order valence-electron chi connectivity index (χ2n) is 12.5. The molecular weight excluding hydrogens is 642 g/mol. The third kappa shape index (κ3) is 9.02. The number of benzene rings is 4.